The number of carboxylic acids is 1. The molecule has 0 bridgehead atoms. The topological polar surface area (TPSA) is 66.4 Å². The van der Waals surface area contributed by atoms with E-state index in [-0.39, 0.29) is 17.7 Å². The van der Waals surface area contributed by atoms with Crippen LogP contribution >= 0.6 is 0 Å². The average Bonchev–Trinajstić information content (AvgIpc) is 2.89. The molecule has 0 aliphatic heterocycles. The van der Waals surface area contributed by atoms with Crippen molar-refractivity contribution in [3.05, 3.63) is 29.8 Å². The molecule has 2 unspecified atom stereocenters. The van der Waals surface area contributed by atoms with Gasteiger partial charge in [-0.15, -0.1) is 0 Å². The van der Waals surface area contributed by atoms with Crippen LogP contribution in [0.4, 0.5) is 5.69 Å². The molecule has 1 amide bonds. The number of anilines is 1. The number of carboxylic acid groups (broad SMARTS) is 1. The van der Waals surface area contributed by atoms with Gasteiger partial charge in [0.05, 0.1) is 5.92 Å². The third-order valence-electron chi connectivity index (χ3n) is 4.00. The van der Waals surface area contributed by atoms with Crippen LogP contribution in [0.3, 0.4) is 0 Å². The van der Waals surface area contributed by atoms with Crippen LogP contribution in [-0.4, -0.2) is 17.0 Å². The van der Waals surface area contributed by atoms with E-state index in [4.69, 9.17) is 5.11 Å². The summed E-state index contributed by atoms with van der Waals surface area (Å²) in [6.45, 7) is 4.25. The Morgan fingerprint density at radius 2 is 1.75 bits per heavy atom. The SMILES string of the molecule is CC(C)c1ccc(NC(=O)C2CCC(C(=O)O)C2)cc1. The number of carbonyl (C=O) groups excluding carboxylic acids is 1. The van der Waals surface area contributed by atoms with Crippen molar-refractivity contribution in [2.45, 2.75) is 39.0 Å². The first kappa shape index (κ1) is 14.6. The quantitative estimate of drug-likeness (QED) is 0.886. The highest BCUT2D eigenvalue weighted by Crippen LogP contribution is 2.32. The number of aliphatic carboxylic acids is 1. The smallest absolute Gasteiger partial charge is 0.306 e. The number of benzene rings is 1. The summed E-state index contributed by atoms with van der Waals surface area (Å²) in [5.74, 6) is -0.937. The molecule has 4 heteroatoms. The molecule has 1 aliphatic rings. The van der Waals surface area contributed by atoms with Gasteiger partial charge in [0.15, 0.2) is 0 Å². The first-order valence-electron chi connectivity index (χ1n) is 7.11. The fourth-order valence-corrected chi connectivity index (χ4v) is 2.64. The van der Waals surface area contributed by atoms with E-state index in [1.54, 1.807) is 0 Å². The number of rotatable bonds is 4. The van der Waals surface area contributed by atoms with Gasteiger partial charge in [-0.25, -0.2) is 0 Å². The van der Waals surface area contributed by atoms with Crippen molar-refractivity contribution < 1.29 is 14.7 Å². The van der Waals surface area contributed by atoms with Crippen molar-refractivity contribution in [1.29, 1.82) is 0 Å². The van der Waals surface area contributed by atoms with E-state index in [9.17, 15) is 9.59 Å². The van der Waals surface area contributed by atoms with E-state index in [0.717, 1.165) is 5.69 Å². The molecule has 4 nitrogen and oxygen atoms in total. The summed E-state index contributed by atoms with van der Waals surface area (Å²) in [6, 6.07) is 7.82. The Balaban J connectivity index is 1.93. The Bertz CT molecular complexity index is 493. The van der Waals surface area contributed by atoms with Gasteiger partial charge in [0.2, 0.25) is 5.91 Å². The Kier molecular flexibility index (Phi) is 4.42. The van der Waals surface area contributed by atoms with Crippen LogP contribution in [0.1, 0.15) is 44.6 Å². The van der Waals surface area contributed by atoms with Gasteiger partial charge >= 0.3 is 5.97 Å². The van der Waals surface area contributed by atoms with Gasteiger partial charge in [0.1, 0.15) is 0 Å². The van der Waals surface area contributed by atoms with Crippen molar-refractivity contribution >= 4 is 17.6 Å². The summed E-state index contributed by atoms with van der Waals surface area (Å²) in [6.07, 6.45) is 1.71. The van der Waals surface area contributed by atoms with E-state index in [1.165, 1.54) is 5.56 Å². The van der Waals surface area contributed by atoms with Crippen LogP contribution in [-0.2, 0) is 9.59 Å². The maximum atomic E-state index is 12.1. The standard InChI is InChI=1S/C16H21NO3/c1-10(2)11-5-7-14(8-6-11)17-15(18)12-3-4-13(9-12)16(19)20/h5-8,10,12-13H,3-4,9H2,1-2H3,(H,17,18)(H,19,20). The molecule has 20 heavy (non-hydrogen) atoms. The van der Waals surface area contributed by atoms with Gasteiger partial charge in [0.25, 0.3) is 0 Å². The summed E-state index contributed by atoms with van der Waals surface area (Å²) in [7, 11) is 0. The second-order valence-corrected chi connectivity index (χ2v) is 5.81. The van der Waals surface area contributed by atoms with E-state index in [1.807, 2.05) is 24.3 Å². The maximum Gasteiger partial charge on any atom is 0.306 e. The monoisotopic (exact) mass is 275 g/mol. The van der Waals surface area contributed by atoms with Crippen LogP contribution in [0.2, 0.25) is 0 Å². The Hall–Kier alpha value is -1.84. The number of amides is 1. The molecule has 0 spiro atoms. The molecule has 2 atom stereocenters. The Morgan fingerprint density at radius 1 is 1.15 bits per heavy atom. The molecule has 1 fully saturated rings. The summed E-state index contributed by atoms with van der Waals surface area (Å²) < 4.78 is 0. The van der Waals surface area contributed by atoms with Crippen molar-refractivity contribution in [3.8, 4) is 0 Å². The molecular formula is C16H21NO3. The van der Waals surface area contributed by atoms with Crippen LogP contribution in [0.5, 0.6) is 0 Å². The predicted octanol–water partition coefficient (Wildman–Crippen LogP) is 3.25. The lowest BCUT2D eigenvalue weighted by molar-refractivity contribution is -0.141. The van der Waals surface area contributed by atoms with E-state index >= 15 is 0 Å². The number of nitrogens with one attached hydrogen (secondary N) is 1. The number of carbonyl (C=O) groups is 2. The summed E-state index contributed by atoms with van der Waals surface area (Å²) in [4.78, 5) is 23.0. The second kappa shape index (κ2) is 6.07. The highest BCUT2D eigenvalue weighted by molar-refractivity contribution is 5.93. The van der Waals surface area contributed by atoms with Crippen molar-refractivity contribution in [3.63, 3.8) is 0 Å². The molecule has 2 N–H and O–H groups in total. The fourth-order valence-electron chi connectivity index (χ4n) is 2.64. The molecule has 0 radical (unpaired) electrons. The molecule has 2 rings (SSSR count). The summed E-state index contributed by atoms with van der Waals surface area (Å²) in [5.41, 5.74) is 2.01. The van der Waals surface area contributed by atoms with Gasteiger partial charge in [-0.2, -0.15) is 0 Å². The highest BCUT2D eigenvalue weighted by atomic mass is 16.4. The largest absolute Gasteiger partial charge is 0.481 e. The number of hydrogen-bond donors (Lipinski definition) is 2. The fraction of sp³-hybridized carbons (Fsp3) is 0.500. The van der Waals surface area contributed by atoms with Crippen molar-refractivity contribution in [2.75, 3.05) is 5.32 Å². The van der Waals surface area contributed by atoms with Crippen LogP contribution in [0.15, 0.2) is 24.3 Å². The Morgan fingerprint density at radius 3 is 2.25 bits per heavy atom. The molecule has 108 valence electrons. The van der Waals surface area contributed by atoms with E-state index in [2.05, 4.69) is 19.2 Å². The van der Waals surface area contributed by atoms with Gasteiger partial charge in [-0.05, 0) is 42.9 Å². The van der Waals surface area contributed by atoms with Gasteiger partial charge in [-0.3, -0.25) is 9.59 Å². The minimum Gasteiger partial charge on any atom is -0.481 e. The summed E-state index contributed by atoms with van der Waals surface area (Å²) >= 11 is 0. The van der Waals surface area contributed by atoms with Crippen LogP contribution in [0, 0.1) is 11.8 Å². The van der Waals surface area contributed by atoms with Crippen LogP contribution in [0.25, 0.3) is 0 Å². The molecule has 0 heterocycles. The van der Waals surface area contributed by atoms with Crippen LogP contribution < -0.4 is 5.32 Å². The molecule has 1 aliphatic carbocycles. The zero-order valence-corrected chi connectivity index (χ0v) is 11.9. The molecule has 1 aromatic rings. The molecule has 1 saturated carbocycles. The predicted molar refractivity (Wildman–Crippen MR) is 77.6 cm³/mol. The van der Waals surface area contributed by atoms with Crippen molar-refractivity contribution in [1.82, 2.24) is 0 Å². The second-order valence-electron chi connectivity index (χ2n) is 5.81. The minimum atomic E-state index is -0.790. The third-order valence-corrected chi connectivity index (χ3v) is 4.00. The number of hydrogen-bond acceptors (Lipinski definition) is 2. The third kappa shape index (κ3) is 3.38. The Labute approximate surface area is 119 Å². The van der Waals surface area contributed by atoms with E-state index < -0.39 is 5.97 Å². The molecular weight excluding hydrogens is 254 g/mol. The van der Waals surface area contributed by atoms with Gasteiger partial charge < -0.3 is 10.4 Å². The highest BCUT2D eigenvalue weighted by Gasteiger charge is 2.33. The average molecular weight is 275 g/mol. The van der Waals surface area contributed by atoms with Gasteiger partial charge in [-0.1, -0.05) is 26.0 Å². The molecule has 1 aromatic carbocycles. The normalized spacial score (nSPS) is 21.9. The lowest BCUT2D eigenvalue weighted by atomic mass is 10.0. The van der Waals surface area contributed by atoms with Gasteiger partial charge in [0, 0.05) is 11.6 Å². The van der Waals surface area contributed by atoms with E-state index in [0.29, 0.717) is 25.2 Å². The zero-order valence-electron chi connectivity index (χ0n) is 11.9. The lowest BCUT2D eigenvalue weighted by Gasteiger charge is -2.12. The first-order chi connectivity index (χ1) is 9.47. The lowest BCUT2D eigenvalue weighted by Crippen LogP contribution is -2.21. The molecule has 0 saturated heterocycles. The maximum absolute atomic E-state index is 12.1. The summed E-state index contributed by atoms with van der Waals surface area (Å²) in [5, 5.41) is 11.8. The zero-order chi connectivity index (χ0) is 14.7. The van der Waals surface area contributed by atoms with Crippen molar-refractivity contribution in [2.24, 2.45) is 11.8 Å². The first-order valence-corrected chi connectivity index (χ1v) is 7.11. The minimum absolute atomic E-state index is 0.0638. The molecule has 0 aromatic heterocycles.